The van der Waals surface area contributed by atoms with E-state index in [1.165, 1.54) is 77.4 Å². The van der Waals surface area contributed by atoms with E-state index >= 15 is 0 Å². The number of ether oxygens (including phenoxy) is 1. The third-order valence-electron chi connectivity index (χ3n) is 3.60. The van der Waals surface area contributed by atoms with Crippen LogP contribution < -0.4 is 0 Å². The van der Waals surface area contributed by atoms with Crippen molar-refractivity contribution < 1.29 is 9.53 Å². The highest BCUT2D eigenvalue weighted by Crippen LogP contribution is 2.10. The SMILES string of the molecule is CCCCCCCCCCCC=CCCC=CC(=O)OC. The van der Waals surface area contributed by atoms with Gasteiger partial charge in [-0.2, -0.15) is 0 Å². The molecule has 0 aromatic carbocycles. The smallest absolute Gasteiger partial charge is 0.330 e. The van der Waals surface area contributed by atoms with Crippen LogP contribution in [0.1, 0.15) is 84.0 Å². The number of esters is 1. The Morgan fingerprint density at radius 3 is 1.90 bits per heavy atom. The average molecular weight is 294 g/mol. The molecule has 0 radical (unpaired) electrons. The molecular weight excluding hydrogens is 260 g/mol. The lowest BCUT2D eigenvalue weighted by Gasteiger charge is -2.00. The third kappa shape index (κ3) is 16.9. The van der Waals surface area contributed by atoms with Crippen molar-refractivity contribution in [1.29, 1.82) is 0 Å². The number of hydrogen-bond acceptors (Lipinski definition) is 2. The van der Waals surface area contributed by atoms with Crippen LogP contribution >= 0.6 is 0 Å². The summed E-state index contributed by atoms with van der Waals surface area (Å²) >= 11 is 0. The van der Waals surface area contributed by atoms with E-state index in [1.54, 1.807) is 0 Å². The maximum Gasteiger partial charge on any atom is 0.330 e. The average Bonchev–Trinajstić information content (AvgIpc) is 2.50. The van der Waals surface area contributed by atoms with Gasteiger partial charge in [0.25, 0.3) is 0 Å². The van der Waals surface area contributed by atoms with Gasteiger partial charge in [-0.3, -0.25) is 0 Å². The predicted octanol–water partition coefficient (Wildman–Crippen LogP) is 5.97. The molecule has 0 heterocycles. The highest BCUT2D eigenvalue weighted by molar-refractivity contribution is 5.81. The molecule has 0 aliphatic heterocycles. The van der Waals surface area contributed by atoms with Crippen molar-refractivity contribution in [2.24, 2.45) is 0 Å². The van der Waals surface area contributed by atoms with Gasteiger partial charge in [0.15, 0.2) is 0 Å². The molecule has 0 bridgehead atoms. The number of carbonyl (C=O) groups is 1. The molecule has 0 aliphatic rings. The van der Waals surface area contributed by atoms with Gasteiger partial charge in [-0.05, 0) is 25.7 Å². The predicted molar refractivity (Wildman–Crippen MR) is 91.4 cm³/mol. The molecule has 0 N–H and O–H groups in total. The van der Waals surface area contributed by atoms with Crippen LogP contribution in [0.2, 0.25) is 0 Å². The number of rotatable bonds is 14. The van der Waals surface area contributed by atoms with Crippen molar-refractivity contribution in [3.8, 4) is 0 Å². The second-order valence-corrected chi connectivity index (χ2v) is 5.59. The van der Waals surface area contributed by atoms with Crippen molar-refractivity contribution in [3.05, 3.63) is 24.3 Å². The zero-order chi connectivity index (χ0) is 15.6. The minimum absolute atomic E-state index is 0.270. The molecule has 0 aromatic rings. The van der Waals surface area contributed by atoms with E-state index in [1.807, 2.05) is 6.08 Å². The van der Waals surface area contributed by atoms with Crippen molar-refractivity contribution in [1.82, 2.24) is 0 Å². The molecule has 21 heavy (non-hydrogen) atoms. The van der Waals surface area contributed by atoms with Crippen LogP contribution in [0.5, 0.6) is 0 Å². The Hall–Kier alpha value is -1.05. The van der Waals surface area contributed by atoms with E-state index in [2.05, 4.69) is 23.8 Å². The van der Waals surface area contributed by atoms with Crippen molar-refractivity contribution in [2.75, 3.05) is 7.11 Å². The molecule has 0 saturated heterocycles. The molecule has 0 aliphatic carbocycles. The summed E-state index contributed by atoms with van der Waals surface area (Å²) in [5.74, 6) is -0.270. The number of methoxy groups -OCH3 is 1. The molecule has 0 unspecified atom stereocenters. The molecule has 0 aromatic heterocycles. The van der Waals surface area contributed by atoms with Gasteiger partial charge in [0, 0.05) is 6.08 Å². The Labute approximate surface area is 131 Å². The zero-order valence-corrected chi connectivity index (χ0v) is 14.1. The number of allylic oxidation sites excluding steroid dienone is 3. The maximum absolute atomic E-state index is 10.8. The van der Waals surface area contributed by atoms with Crippen LogP contribution in [0.4, 0.5) is 0 Å². The van der Waals surface area contributed by atoms with Crippen molar-refractivity contribution >= 4 is 5.97 Å². The minimum atomic E-state index is -0.270. The lowest BCUT2D eigenvalue weighted by Crippen LogP contribution is -1.93. The summed E-state index contributed by atoms with van der Waals surface area (Å²) in [5.41, 5.74) is 0. The third-order valence-corrected chi connectivity index (χ3v) is 3.60. The fraction of sp³-hybridized carbons (Fsp3) is 0.737. The van der Waals surface area contributed by atoms with E-state index in [0.29, 0.717) is 0 Å². The van der Waals surface area contributed by atoms with E-state index in [-0.39, 0.29) is 5.97 Å². The Kier molecular flexibility index (Phi) is 16.2. The van der Waals surface area contributed by atoms with Gasteiger partial charge in [0.2, 0.25) is 0 Å². The summed E-state index contributed by atoms with van der Waals surface area (Å²) in [5, 5.41) is 0. The monoisotopic (exact) mass is 294 g/mol. The largest absolute Gasteiger partial charge is 0.466 e. The second kappa shape index (κ2) is 17.0. The molecule has 122 valence electrons. The second-order valence-electron chi connectivity index (χ2n) is 5.59. The summed E-state index contributed by atoms with van der Waals surface area (Å²) < 4.78 is 4.53. The molecule has 0 atom stereocenters. The number of hydrogen-bond donors (Lipinski definition) is 0. The van der Waals surface area contributed by atoms with E-state index in [4.69, 9.17) is 0 Å². The first-order valence-corrected chi connectivity index (χ1v) is 8.70. The zero-order valence-electron chi connectivity index (χ0n) is 14.1. The van der Waals surface area contributed by atoms with E-state index in [9.17, 15) is 4.79 Å². The number of carbonyl (C=O) groups excluding carboxylic acids is 1. The Morgan fingerprint density at radius 2 is 1.29 bits per heavy atom. The fourth-order valence-electron chi connectivity index (χ4n) is 2.25. The topological polar surface area (TPSA) is 26.3 Å². The maximum atomic E-state index is 10.8. The van der Waals surface area contributed by atoms with Gasteiger partial charge in [-0.25, -0.2) is 4.79 Å². The van der Waals surface area contributed by atoms with Crippen LogP contribution in [-0.4, -0.2) is 13.1 Å². The highest BCUT2D eigenvalue weighted by Gasteiger charge is 1.91. The highest BCUT2D eigenvalue weighted by atomic mass is 16.5. The van der Waals surface area contributed by atoms with Crippen LogP contribution in [0.15, 0.2) is 24.3 Å². The fourth-order valence-corrected chi connectivity index (χ4v) is 2.25. The van der Waals surface area contributed by atoms with Crippen LogP contribution in [0.3, 0.4) is 0 Å². The summed E-state index contributed by atoms with van der Waals surface area (Å²) in [6, 6.07) is 0. The lowest BCUT2D eigenvalue weighted by molar-refractivity contribution is -0.134. The van der Waals surface area contributed by atoms with Crippen molar-refractivity contribution in [3.63, 3.8) is 0 Å². The Balaban J connectivity index is 3.18. The Bertz CT molecular complexity index is 279. The summed E-state index contributed by atoms with van der Waals surface area (Å²) in [6.45, 7) is 2.27. The first-order valence-electron chi connectivity index (χ1n) is 8.70. The van der Waals surface area contributed by atoms with E-state index in [0.717, 1.165) is 12.8 Å². The first-order chi connectivity index (χ1) is 10.3. The normalized spacial score (nSPS) is 11.5. The van der Waals surface area contributed by atoms with Crippen LogP contribution in [0.25, 0.3) is 0 Å². The summed E-state index contributed by atoms with van der Waals surface area (Å²) in [4.78, 5) is 10.8. The van der Waals surface area contributed by atoms with Gasteiger partial charge in [-0.1, -0.05) is 76.5 Å². The van der Waals surface area contributed by atoms with E-state index < -0.39 is 0 Å². The van der Waals surface area contributed by atoms with Gasteiger partial charge < -0.3 is 4.74 Å². The molecule has 2 nitrogen and oxygen atoms in total. The summed E-state index contributed by atoms with van der Waals surface area (Å²) in [6.07, 6.45) is 23.4. The van der Waals surface area contributed by atoms with Crippen LogP contribution in [0, 0.1) is 0 Å². The lowest BCUT2D eigenvalue weighted by atomic mass is 10.1. The van der Waals surface area contributed by atoms with Crippen LogP contribution in [-0.2, 0) is 9.53 Å². The van der Waals surface area contributed by atoms with Gasteiger partial charge in [0.05, 0.1) is 7.11 Å². The molecule has 0 amide bonds. The Morgan fingerprint density at radius 1 is 0.762 bits per heavy atom. The standard InChI is InChI=1S/C19H34O2/c1-3-4-5-6-7-8-9-10-11-12-13-14-15-16-17-18-19(20)21-2/h13-14,17-18H,3-12,15-16H2,1-2H3. The minimum Gasteiger partial charge on any atom is -0.466 e. The quantitative estimate of drug-likeness (QED) is 0.171. The van der Waals surface area contributed by atoms with Gasteiger partial charge in [-0.15, -0.1) is 0 Å². The number of unbranched alkanes of at least 4 members (excludes halogenated alkanes) is 10. The first kappa shape index (κ1) is 19.9. The van der Waals surface area contributed by atoms with Gasteiger partial charge in [0.1, 0.15) is 0 Å². The molecular formula is C19H34O2. The molecule has 0 saturated carbocycles. The molecule has 0 fully saturated rings. The molecule has 0 rings (SSSR count). The molecule has 0 spiro atoms. The van der Waals surface area contributed by atoms with Crippen molar-refractivity contribution in [2.45, 2.75) is 84.0 Å². The van der Waals surface area contributed by atoms with Gasteiger partial charge >= 0.3 is 5.97 Å². The molecule has 2 heteroatoms. The summed E-state index contributed by atoms with van der Waals surface area (Å²) in [7, 11) is 1.40.